The van der Waals surface area contributed by atoms with Crippen molar-refractivity contribution in [1.29, 1.82) is 0 Å². The largest absolute Gasteiger partial charge is 0.377 e. The Morgan fingerprint density at radius 2 is 1.90 bits per heavy atom. The van der Waals surface area contributed by atoms with Gasteiger partial charge in [0.1, 0.15) is 5.69 Å². The molecule has 0 aromatic carbocycles. The molecule has 1 N–H and O–H groups in total. The number of nitrogens with one attached hydrogen (secondary N) is 1. The third kappa shape index (κ3) is 2.82. The van der Waals surface area contributed by atoms with Gasteiger partial charge in [-0.3, -0.25) is 4.90 Å². The molecule has 2 aliphatic heterocycles. The summed E-state index contributed by atoms with van der Waals surface area (Å²) in [6, 6.07) is 0.408. The van der Waals surface area contributed by atoms with Crippen molar-refractivity contribution in [2.24, 2.45) is 0 Å². The fourth-order valence-electron chi connectivity index (χ4n) is 2.87. The first kappa shape index (κ1) is 14.5. The summed E-state index contributed by atoms with van der Waals surface area (Å²) in [5.74, 6) is -6.38. The van der Waals surface area contributed by atoms with E-state index in [9.17, 15) is 17.6 Å². The minimum atomic E-state index is -1.67. The van der Waals surface area contributed by atoms with E-state index < -0.39 is 29.2 Å². The lowest BCUT2D eigenvalue weighted by Crippen LogP contribution is -2.48. The molecule has 3 rings (SSSR count). The molecular formula is C13H15F4N3O. The zero-order valence-corrected chi connectivity index (χ0v) is 11.2. The van der Waals surface area contributed by atoms with Crippen molar-refractivity contribution in [2.75, 3.05) is 31.6 Å². The average Bonchev–Trinajstić information content (AvgIpc) is 2.92. The second kappa shape index (κ2) is 5.76. The highest BCUT2D eigenvalue weighted by molar-refractivity contribution is 5.45. The Balaban J connectivity index is 1.65. The van der Waals surface area contributed by atoms with E-state index in [0.717, 1.165) is 19.4 Å². The maximum absolute atomic E-state index is 13.5. The van der Waals surface area contributed by atoms with Crippen LogP contribution in [-0.4, -0.2) is 48.3 Å². The summed E-state index contributed by atoms with van der Waals surface area (Å²) in [5, 5.41) is 2.39. The van der Waals surface area contributed by atoms with Crippen LogP contribution in [0.1, 0.15) is 12.8 Å². The van der Waals surface area contributed by atoms with Gasteiger partial charge >= 0.3 is 0 Å². The van der Waals surface area contributed by atoms with E-state index in [2.05, 4.69) is 15.2 Å². The Bertz CT molecular complexity index is 516. The van der Waals surface area contributed by atoms with Crippen molar-refractivity contribution in [3.8, 4) is 0 Å². The first-order chi connectivity index (χ1) is 10.1. The molecule has 0 bridgehead atoms. The SMILES string of the molecule is Fc1nc(F)c(F)c(NCC2CN3CCCC3CO2)c1F. The number of morpholine rings is 1. The van der Waals surface area contributed by atoms with Crippen LogP contribution in [-0.2, 0) is 4.74 Å². The van der Waals surface area contributed by atoms with Crippen molar-refractivity contribution >= 4 is 5.69 Å². The maximum atomic E-state index is 13.5. The van der Waals surface area contributed by atoms with Gasteiger partial charge in [-0.15, -0.1) is 0 Å². The number of hydrogen-bond acceptors (Lipinski definition) is 4. The van der Waals surface area contributed by atoms with Gasteiger partial charge in [-0.25, -0.2) is 0 Å². The van der Waals surface area contributed by atoms with Gasteiger partial charge in [-0.05, 0) is 19.4 Å². The van der Waals surface area contributed by atoms with E-state index in [1.807, 2.05) is 0 Å². The minimum absolute atomic E-state index is 0.0694. The second-order valence-corrected chi connectivity index (χ2v) is 5.32. The van der Waals surface area contributed by atoms with Crippen LogP contribution in [0.4, 0.5) is 23.2 Å². The molecule has 4 nitrogen and oxygen atoms in total. The van der Waals surface area contributed by atoms with Gasteiger partial charge in [0.05, 0.1) is 12.7 Å². The molecule has 21 heavy (non-hydrogen) atoms. The smallest absolute Gasteiger partial charge is 0.253 e. The highest BCUT2D eigenvalue weighted by Crippen LogP contribution is 2.25. The number of halogens is 4. The van der Waals surface area contributed by atoms with Gasteiger partial charge in [-0.2, -0.15) is 22.5 Å². The monoisotopic (exact) mass is 305 g/mol. The standard InChI is InChI=1S/C13H15F4N3O/c14-9-11(10(15)13(17)19-12(9)16)18-4-8-5-20-3-1-2-7(20)6-21-8/h7-8H,1-6H2,(H,18,19). The Labute approximate surface area is 119 Å². The number of nitrogens with zero attached hydrogens (tertiary/aromatic N) is 2. The average molecular weight is 305 g/mol. The first-order valence-electron chi connectivity index (χ1n) is 6.85. The highest BCUT2D eigenvalue weighted by atomic mass is 19.2. The quantitative estimate of drug-likeness (QED) is 0.684. The van der Waals surface area contributed by atoms with Crippen LogP contribution in [0.3, 0.4) is 0 Å². The molecule has 2 unspecified atom stereocenters. The summed E-state index contributed by atoms with van der Waals surface area (Å²) in [7, 11) is 0. The van der Waals surface area contributed by atoms with Crippen molar-refractivity contribution in [3.63, 3.8) is 0 Å². The van der Waals surface area contributed by atoms with E-state index in [1.165, 1.54) is 0 Å². The van der Waals surface area contributed by atoms with Crippen LogP contribution >= 0.6 is 0 Å². The van der Waals surface area contributed by atoms with Gasteiger partial charge in [0.25, 0.3) is 11.9 Å². The first-order valence-corrected chi connectivity index (χ1v) is 6.85. The lowest BCUT2D eigenvalue weighted by Gasteiger charge is -2.35. The predicted molar refractivity (Wildman–Crippen MR) is 66.9 cm³/mol. The molecular weight excluding hydrogens is 290 g/mol. The number of hydrogen-bond donors (Lipinski definition) is 1. The summed E-state index contributed by atoms with van der Waals surface area (Å²) >= 11 is 0. The molecule has 8 heteroatoms. The van der Waals surface area contributed by atoms with E-state index in [4.69, 9.17) is 4.74 Å². The molecule has 2 aliphatic rings. The lowest BCUT2D eigenvalue weighted by molar-refractivity contribution is -0.0416. The summed E-state index contributed by atoms with van der Waals surface area (Å²) in [4.78, 5) is 4.77. The highest BCUT2D eigenvalue weighted by Gasteiger charge is 2.32. The molecule has 2 saturated heterocycles. The fourth-order valence-corrected chi connectivity index (χ4v) is 2.87. The molecule has 0 spiro atoms. The third-order valence-electron chi connectivity index (χ3n) is 3.97. The van der Waals surface area contributed by atoms with Crippen molar-refractivity contribution in [3.05, 3.63) is 23.5 Å². The summed E-state index contributed by atoms with van der Waals surface area (Å²) in [6.07, 6.45) is 1.92. The van der Waals surface area contributed by atoms with Crippen LogP contribution in [0.2, 0.25) is 0 Å². The molecule has 1 aromatic heterocycles. The van der Waals surface area contributed by atoms with Crippen molar-refractivity contribution < 1.29 is 22.3 Å². The van der Waals surface area contributed by atoms with Gasteiger partial charge in [-0.1, -0.05) is 0 Å². The molecule has 0 aliphatic carbocycles. The van der Waals surface area contributed by atoms with Crippen LogP contribution in [0, 0.1) is 23.5 Å². The molecule has 1 aromatic rings. The fraction of sp³-hybridized carbons (Fsp3) is 0.615. The van der Waals surface area contributed by atoms with E-state index >= 15 is 0 Å². The number of fused-ring (bicyclic) bond motifs is 1. The molecule has 116 valence electrons. The van der Waals surface area contributed by atoms with E-state index in [0.29, 0.717) is 19.2 Å². The summed E-state index contributed by atoms with van der Waals surface area (Å²) < 4.78 is 58.5. The lowest BCUT2D eigenvalue weighted by atomic mass is 10.2. The number of pyridine rings is 1. The van der Waals surface area contributed by atoms with Crippen LogP contribution in [0.5, 0.6) is 0 Å². The maximum Gasteiger partial charge on any atom is 0.253 e. The van der Waals surface area contributed by atoms with Gasteiger partial charge in [0, 0.05) is 19.1 Å². The Morgan fingerprint density at radius 3 is 2.62 bits per heavy atom. The van der Waals surface area contributed by atoms with Crippen LogP contribution in [0.15, 0.2) is 0 Å². The molecule has 0 radical (unpaired) electrons. The van der Waals surface area contributed by atoms with Crippen molar-refractivity contribution in [1.82, 2.24) is 9.88 Å². The van der Waals surface area contributed by atoms with Gasteiger partial charge in [0.15, 0.2) is 0 Å². The van der Waals surface area contributed by atoms with E-state index in [-0.39, 0.29) is 12.6 Å². The van der Waals surface area contributed by atoms with Crippen LogP contribution < -0.4 is 5.32 Å². The number of aromatic nitrogens is 1. The topological polar surface area (TPSA) is 37.4 Å². The van der Waals surface area contributed by atoms with E-state index in [1.54, 1.807) is 0 Å². The summed E-state index contributed by atoms with van der Waals surface area (Å²) in [6.45, 7) is 2.25. The van der Waals surface area contributed by atoms with Gasteiger partial charge < -0.3 is 10.1 Å². The van der Waals surface area contributed by atoms with Crippen molar-refractivity contribution in [2.45, 2.75) is 25.0 Å². The number of rotatable bonds is 3. The molecule has 3 heterocycles. The number of ether oxygens (including phenoxy) is 1. The van der Waals surface area contributed by atoms with Gasteiger partial charge in [0.2, 0.25) is 11.6 Å². The Kier molecular flexibility index (Phi) is 3.99. The molecule has 0 saturated carbocycles. The third-order valence-corrected chi connectivity index (χ3v) is 3.97. The Morgan fingerprint density at radius 1 is 1.19 bits per heavy atom. The zero-order chi connectivity index (χ0) is 15.0. The van der Waals surface area contributed by atoms with Crippen LogP contribution in [0.25, 0.3) is 0 Å². The predicted octanol–water partition coefficient (Wildman–Crippen LogP) is 1.91. The molecule has 0 amide bonds. The minimum Gasteiger partial charge on any atom is -0.377 e. The second-order valence-electron chi connectivity index (χ2n) is 5.32. The summed E-state index contributed by atoms with van der Waals surface area (Å²) in [5.41, 5.74) is -0.841. The normalized spacial score (nSPS) is 25.9. The Hall–Kier alpha value is -1.41. The molecule has 2 fully saturated rings. The number of anilines is 1. The molecule has 2 atom stereocenters. The zero-order valence-electron chi connectivity index (χ0n) is 11.2.